The molecule has 0 saturated heterocycles. The van der Waals surface area contributed by atoms with E-state index in [4.69, 9.17) is 9.47 Å². The summed E-state index contributed by atoms with van der Waals surface area (Å²) in [5.74, 6) is 0.144. The molecule has 0 aliphatic carbocycles. The number of amides is 1. The first kappa shape index (κ1) is 17.6. The van der Waals surface area contributed by atoms with Crippen molar-refractivity contribution in [3.05, 3.63) is 52.3 Å². The third-order valence-corrected chi connectivity index (χ3v) is 3.97. The first-order valence-electron chi connectivity index (χ1n) is 7.54. The Hall–Kier alpha value is -2.76. The highest BCUT2D eigenvalue weighted by Crippen LogP contribution is 2.21. The highest BCUT2D eigenvalue weighted by Gasteiger charge is 2.24. The predicted molar refractivity (Wildman–Crippen MR) is 90.4 cm³/mol. The summed E-state index contributed by atoms with van der Waals surface area (Å²) < 4.78 is 9.90. The van der Waals surface area contributed by atoms with E-state index in [0.29, 0.717) is 29.1 Å². The topological polar surface area (TPSA) is 71.6 Å². The van der Waals surface area contributed by atoms with E-state index in [1.165, 1.54) is 7.11 Å². The van der Waals surface area contributed by atoms with Crippen LogP contribution in [0.1, 0.15) is 37.7 Å². The van der Waals surface area contributed by atoms with E-state index in [-0.39, 0.29) is 5.91 Å². The molecule has 2 aromatic rings. The lowest BCUT2D eigenvalue weighted by atomic mass is 10.1. The molecular weight excluding hydrogens is 308 g/mol. The molecule has 0 saturated carbocycles. The smallest absolute Gasteiger partial charge is 0.339 e. The molecule has 0 aliphatic rings. The van der Waals surface area contributed by atoms with Gasteiger partial charge in [0, 0.05) is 19.3 Å². The van der Waals surface area contributed by atoms with E-state index < -0.39 is 5.97 Å². The maximum Gasteiger partial charge on any atom is 0.339 e. The molecule has 1 aromatic heterocycles. The molecule has 0 spiro atoms. The van der Waals surface area contributed by atoms with Crippen molar-refractivity contribution in [1.82, 2.24) is 9.88 Å². The second-order valence-corrected chi connectivity index (χ2v) is 5.63. The van der Waals surface area contributed by atoms with Crippen molar-refractivity contribution in [3.63, 3.8) is 0 Å². The third kappa shape index (κ3) is 3.42. The van der Waals surface area contributed by atoms with Gasteiger partial charge in [0.15, 0.2) is 0 Å². The molecule has 1 aromatic carbocycles. The number of carbonyl (C=O) groups excluding carboxylic acids is 2. The number of methoxy groups -OCH3 is 2. The molecule has 1 amide bonds. The molecule has 0 atom stereocenters. The second kappa shape index (κ2) is 7.21. The van der Waals surface area contributed by atoms with Gasteiger partial charge < -0.3 is 19.4 Å². The van der Waals surface area contributed by atoms with E-state index in [1.807, 2.05) is 24.3 Å². The number of esters is 1. The lowest BCUT2D eigenvalue weighted by molar-refractivity contribution is 0.0599. The van der Waals surface area contributed by atoms with Crippen LogP contribution in [0.15, 0.2) is 24.3 Å². The Morgan fingerprint density at radius 2 is 1.75 bits per heavy atom. The predicted octanol–water partition coefficient (Wildman–Crippen LogP) is 2.70. The Balaban J connectivity index is 2.20. The summed E-state index contributed by atoms with van der Waals surface area (Å²) in [6.07, 6.45) is 0. The second-order valence-electron chi connectivity index (χ2n) is 5.63. The highest BCUT2D eigenvalue weighted by atomic mass is 16.5. The summed E-state index contributed by atoms with van der Waals surface area (Å²) in [7, 11) is 4.66. The van der Waals surface area contributed by atoms with Crippen LogP contribution in [-0.2, 0) is 11.3 Å². The van der Waals surface area contributed by atoms with Crippen LogP contribution >= 0.6 is 0 Å². The van der Waals surface area contributed by atoms with Gasteiger partial charge in [-0.2, -0.15) is 0 Å². The van der Waals surface area contributed by atoms with Crippen LogP contribution in [0.25, 0.3) is 0 Å². The van der Waals surface area contributed by atoms with E-state index in [2.05, 4.69) is 4.98 Å². The van der Waals surface area contributed by atoms with Crippen LogP contribution in [0.2, 0.25) is 0 Å². The highest BCUT2D eigenvalue weighted by molar-refractivity contribution is 6.00. The normalized spacial score (nSPS) is 10.4. The number of H-pyrrole nitrogens is 1. The minimum absolute atomic E-state index is 0.179. The van der Waals surface area contributed by atoms with Crippen LogP contribution in [0, 0.1) is 13.8 Å². The summed E-state index contributed by atoms with van der Waals surface area (Å²) in [4.78, 5) is 29.1. The number of aromatic nitrogens is 1. The van der Waals surface area contributed by atoms with E-state index in [1.54, 1.807) is 32.9 Å². The zero-order valence-electron chi connectivity index (χ0n) is 14.6. The number of hydrogen-bond acceptors (Lipinski definition) is 4. The molecule has 24 heavy (non-hydrogen) atoms. The number of rotatable bonds is 5. The average Bonchev–Trinajstić information content (AvgIpc) is 2.88. The molecule has 0 bridgehead atoms. The van der Waals surface area contributed by atoms with Crippen LogP contribution in [0.4, 0.5) is 0 Å². The zero-order valence-corrected chi connectivity index (χ0v) is 14.6. The molecule has 128 valence electrons. The van der Waals surface area contributed by atoms with Crippen molar-refractivity contribution in [2.24, 2.45) is 0 Å². The van der Waals surface area contributed by atoms with Crippen molar-refractivity contribution in [1.29, 1.82) is 0 Å². The molecule has 2 rings (SSSR count). The minimum Gasteiger partial charge on any atom is -0.497 e. The first-order valence-corrected chi connectivity index (χ1v) is 7.54. The molecule has 0 aliphatic heterocycles. The van der Waals surface area contributed by atoms with Crippen LogP contribution < -0.4 is 4.74 Å². The van der Waals surface area contributed by atoms with E-state index >= 15 is 0 Å². The van der Waals surface area contributed by atoms with Gasteiger partial charge in [-0.05, 0) is 37.1 Å². The Morgan fingerprint density at radius 1 is 1.12 bits per heavy atom. The van der Waals surface area contributed by atoms with Gasteiger partial charge in [0.25, 0.3) is 5.91 Å². The molecule has 6 nitrogen and oxygen atoms in total. The standard InChI is InChI=1S/C18H22N2O4/c1-11-15(18(22)24-5)12(2)19-16(11)17(21)20(3)10-13-6-8-14(23-4)9-7-13/h6-9,19H,10H2,1-5H3. The number of aromatic amines is 1. The maximum atomic E-state index is 12.7. The number of aryl methyl sites for hydroxylation is 1. The molecular formula is C18H22N2O4. The molecule has 1 N–H and O–H groups in total. The lowest BCUT2D eigenvalue weighted by Gasteiger charge is -2.17. The van der Waals surface area contributed by atoms with Crippen LogP contribution in [0.5, 0.6) is 5.75 Å². The quantitative estimate of drug-likeness (QED) is 0.856. The summed E-state index contributed by atoms with van der Waals surface area (Å²) in [5, 5.41) is 0. The Bertz CT molecular complexity index is 747. The molecule has 0 fully saturated rings. The lowest BCUT2D eigenvalue weighted by Crippen LogP contribution is -2.27. The largest absolute Gasteiger partial charge is 0.497 e. The number of carbonyl (C=O) groups is 2. The Morgan fingerprint density at radius 3 is 2.29 bits per heavy atom. The van der Waals surface area contributed by atoms with Crippen molar-refractivity contribution in [2.45, 2.75) is 20.4 Å². The summed E-state index contributed by atoms with van der Waals surface area (Å²) in [6, 6.07) is 7.53. The minimum atomic E-state index is -0.446. The fraction of sp³-hybridized carbons (Fsp3) is 0.333. The zero-order chi connectivity index (χ0) is 17.9. The maximum absolute atomic E-state index is 12.7. The van der Waals surface area contributed by atoms with Crippen molar-refractivity contribution in [3.8, 4) is 5.75 Å². The fourth-order valence-corrected chi connectivity index (χ4v) is 2.64. The van der Waals surface area contributed by atoms with Gasteiger partial charge in [0.2, 0.25) is 0 Å². The summed E-state index contributed by atoms with van der Waals surface area (Å²) in [5.41, 5.74) is 3.04. The van der Waals surface area contributed by atoms with E-state index in [9.17, 15) is 9.59 Å². The number of nitrogens with one attached hydrogen (secondary N) is 1. The summed E-state index contributed by atoms with van der Waals surface area (Å²) in [6.45, 7) is 3.94. The van der Waals surface area contributed by atoms with Gasteiger partial charge in [-0.25, -0.2) is 4.79 Å². The monoisotopic (exact) mass is 330 g/mol. The molecule has 0 unspecified atom stereocenters. The SMILES string of the molecule is COC(=O)c1c(C)[nH]c(C(=O)N(C)Cc2ccc(OC)cc2)c1C. The van der Waals surface area contributed by atoms with Gasteiger partial charge in [-0.3, -0.25) is 4.79 Å². The molecule has 6 heteroatoms. The molecule has 1 heterocycles. The van der Waals surface area contributed by atoms with Crippen LogP contribution in [0.3, 0.4) is 0 Å². The Kier molecular flexibility index (Phi) is 5.28. The van der Waals surface area contributed by atoms with Crippen LogP contribution in [-0.4, -0.2) is 43.0 Å². The number of ether oxygens (including phenoxy) is 2. The van der Waals surface area contributed by atoms with Gasteiger partial charge in [-0.1, -0.05) is 12.1 Å². The number of benzene rings is 1. The Labute approximate surface area is 141 Å². The van der Waals surface area contributed by atoms with Gasteiger partial charge in [0.05, 0.1) is 19.8 Å². The van der Waals surface area contributed by atoms with Crippen molar-refractivity contribution in [2.75, 3.05) is 21.3 Å². The van der Waals surface area contributed by atoms with Crippen molar-refractivity contribution < 1.29 is 19.1 Å². The van der Waals surface area contributed by atoms with Gasteiger partial charge in [0.1, 0.15) is 11.4 Å². The van der Waals surface area contributed by atoms with Crippen molar-refractivity contribution >= 4 is 11.9 Å². The van der Waals surface area contributed by atoms with Gasteiger partial charge >= 0.3 is 5.97 Å². The number of hydrogen-bond donors (Lipinski definition) is 1. The average molecular weight is 330 g/mol. The summed E-state index contributed by atoms with van der Waals surface area (Å²) >= 11 is 0. The fourth-order valence-electron chi connectivity index (χ4n) is 2.64. The molecule has 0 radical (unpaired) electrons. The van der Waals surface area contributed by atoms with Gasteiger partial charge in [-0.15, -0.1) is 0 Å². The van der Waals surface area contributed by atoms with E-state index in [0.717, 1.165) is 11.3 Å². The number of nitrogens with zero attached hydrogens (tertiary/aromatic N) is 1. The first-order chi connectivity index (χ1) is 11.4. The third-order valence-electron chi connectivity index (χ3n) is 3.97.